The maximum atomic E-state index is 10.5. The smallest absolute Gasteiger partial charge is 0.321 e. The van der Waals surface area contributed by atoms with Crippen molar-refractivity contribution >= 4 is 12.3 Å². The molecule has 66 valence electrons. The minimum absolute atomic E-state index is 0.0342. The van der Waals surface area contributed by atoms with E-state index in [0.29, 0.717) is 6.29 Å². The number of carboxylic acid groups (broad SMARTS) is 1. The SMILES string of the molecule is C#CCN(C)C(CC=O)C(=O)O. The van der Waals surface area contributed by atoms with E-state index in [-0.39, 0.29) is 13.0 Å². The van der Waals surface area contributed by atoms with Gasteiger partial charge < -0.3 is 9.90 Å². The van der Waals surface area contributed by atoms with Crippen LogP contribution in [0.25, 0.3) is 0 Å². The van der Waals surface area contributed by atoms with Crippen molar-refractivity contribution in [3.05, 3.63) is 0 Å². The molecule has 4 nitrogen and oxygen atoms in total. The highest BCUT2D eigenvalue weighted by Crippen LogP contribution is 1.99. The van der Waals surface area contributed by atoms with Crippen LogP contribution in [-0.2, 0) is 9.59 Å². The van der Waals surface area contributed by atoms with Crippen LogP contribution in [0.15, 0.2) is 0 Å². The summed E-state index contributed by atoms with van der Waals surface area (Å²) in [6.07, 6.45) is 5.53. The Labute approximate surface area is 71.2 Å². The minimum Gasteiger partial charge on any atom is -0.480 e. The van der Waals surface area contributed by atoms with Crippen molar-refractivity contribution in [2.75, 3.05) is 13.6 Å². The fourth-order valence-corrected chi connectivity index (χ4v) is 0.815. The molecule has 0 heterocycles. The van der Waals surface area contributed by atoms with Gasteiger partial charge in [-0.2, -0.15) is 0 Å². The highest BCUT2D eigenvalue weighted by molar-refractivity contribution is 5.76. The van der Waals surface area contributed by atoms with E-state index in [1.54, 1.807) is 7.05 Å². The molecule has 4 heteroatoms. The molecular weight excluding hydrogens is 158 g/mol. The van der Waals surface area contributed by atoms with Crippen LogP contribution >= 0.6 is 0 Å². The molecule has 0 aromatic carbocycles. The van der Waals surface area contributed by atoms with Crippen LogP contribution in [0.5, 0.6) is 0 Å². The lowest BCUT2D eigenvalue weighted by Crippen LogP contribution is -2.38. The summed E-state index contributed by atoms with van der Waals surface area (Å²) >= 11 is 0. The van der Waals surface area contributed by atoms with Crippen LogP contribution in [0.4, 0.5) is 0 Å². The molecule has 0 saturated carbocycles. The van der Waals surface area contributed by atoms with Crippen molar-refractivity contribution in [1.29, 1.82) is 0 Å². The standard InChI is InChI=1S/C8H11NO3/c1-3-5-9(2)7(4-6-10)8(11)12/h1,6-7H,4-5H2,2H3,(H,11,12). The van der Waals surface area contributed by atoms with Gasteiger partial charge in [0.05, 0.1) is 6.54 Å². The summed E-state index contributed by atoms with van der Waals surface area (Å²) in [6.45, 7) is 0.227. The Hall–Kier alpha value is -1.34. The number of aliphatic carboxylic acids is 1. The number of hydrogen-bond acceptors (Lipinski definition) is 3. The van der Waals surface area contributed by atoms with E-state index >= 15 is 0 Å². The second kappa shape index (κ2) is 5.33. The molecule has 0 aliphatic carbocycles. The van der Waals surface area contributed by atoms with E-state index in [9.17, 15) is 9.59 Å². The number of carboxylic acids is 1. The van der Waals surface area contributed by atoms with Crippen molar-refractivity contribution in [1.82, 2.24) is 4.90 Å². The summed E-state index contributed by atoms with van der Waals surface area (Å²) < 4.78 is 0. The van der Waals surface area contributed by atoms with E-state index < -0.39 is 12.0 Å². The summed E-state index contributed by atoms with van der Waals surface area (Å²) in [5, 5.41) is 8.63. The molecule has 0 radical (unpaired) electrons. The first-order valence-electron chi connectivity index (χ1n) is 3.43. The zero-order chi connectivity index (χ0) is 9.56. The average molecular weight is 169 g/mol. The monoisotopic (exact) mass is 169 g/mol. The second-order valence-corrected chi connectivity index (χ2v) is 2.38. The number of aldehydes is 1. The fourth-order valence-electron chi connectivity index (χ4n) is 0.815. The Balaban J connectivity index is 4.19. The Morgan fingerprint density at radius 3 is 2.75 bits per heavy atom. The van der Waals surface area contributed by atoms with Crippen molar-refractivity contribution in [3.63, 3.8) is 0 Å². The van der Waals surface area contributed by atoms with Crippen LogP contribution in [0.1, 0.15) is 6.42 Å². The molecule has 0 aromatic rings. The van der Waals surface area contributed by atoms with Gasteiger partial charge in [-0.25, -0.2) is 0 Å². The van der Waals surface area contributed by atoms with Gasteiger partial charge >= 0.3 is 5.97 Å². The van der Waals surface area contributed by atoms with Crippen LogP contribution < -0.4 is 0 Å². The molecule has 0 aliphatic heterocycles. The number of hydrogen-bond donors (Lipinski definition) is 1. The van der Waals surface area contributed by atoms with Gasteiger partial charge in [-0.15, -0.1) is 6.42 Å². The first-order valence-corrected chi connectivity index (χ1v) is 3.43. The van der Waals surface area contributed by atoms with Crippen molar-refractivity contribution in [2.24, 2.45) is 0 Å². The molecule has 1 atom stereocenters. The summed E-state index contributed by atoms with van der Waals surface area (Å²) in [5.41, 5.74) is 0. The molecular formula is C8H11NO3. The zero-order valence-corrected chi connectivity index (χ0v) is 6.86. The average Bonchev–Trinajstić information content (AvgIpc) is 1.99. The van der Waals surface area contributed by atoms with Gasteiger partial charge in [0, 0.05) is 6.42 Å². The highest BCUT2D eigenvalue weighted by atomic mass is 16.4. The van der Waals surface area contributed by atoms with Crippen LogP contribution in [0.2, 0.25) is 0 Å². The lowest BCUT2D eigenvalue weighted by Gasteiger charge is -2.19. The minimum atomic E-state index is -1.03. The topological polar surface area (TPSA) is 57.6 Å². The molecule has 1 unspecified atom stereocenters. The van der Waals surface area contributed by atoms with E-state index in [2.05, 4.69) is 5.92 Å². The van der Waals surface area contributed by atoms with E-state index in [4.69, 9.17) is 11.5 Å². The third-order valence-corrected chi connectivity index (χ3v) is 1.48. The molecule has 0 rings (SSSR count). The van der Waals surface area contributed by atoms with Crippen LogP contribution in [0, 0.1) is 12.3 Å². The molecule has 0 spiro atoms. The summed E-state index contributed by atoms with van der Waals surface area (Å²) in [5.74, 6) is 1.28. The van der Waals surface area contributed by atoms with Crippen molar-refractivity contribution in [2.45, 2.75) is 12.5 Å². The van der Waals surface area contributed by atoms with Gasteiger partial charge in [-0.05, 0) is 7.05 Å². The largest absolute Gasteiger partial charge is 0.480 e. The Morgan fingerprint density at radius 2 is 2.42 bits per heavy atom. The maximum absolute atomic E-state index is 10.5. The zero-order valence-electron chi connectivity index (χ0n) is 6.86. The molecule has 0 aliphatic rings. The van der Waals surface area contributed by atoms with Gasteiger partial charge in [0.15, 0.2) is 0 Å². The predicted molar refractivity (Wildman–Crippen MR) is 43.6 cm³/mol. The number of carbonyl (C=O) groups is 2. The number of rotatable bonds is 5. The van der Waals surface area contributed by atoms with Gasteiger partial charge in [0.1, 0.15) is 12.3 Å². The molecule has 12 heavy (non-hydrogen) atoms. The third kappa shape index (κ3) is 3.17. The van der Waals surface area contributed by atoms with Crippen molar-refractivity contribution in [3.8, 4) is 12.3 Å². The predicted octanol–water partition coefficient (Wildman–Crippen LogP) is -0.406. The fraction of sp³-hybridized carbons (Fsp3) is 0.500. The lowest BCUT2D eigenvalue weighted by molar-refractivity contribution is -0.143. The van der Waals surface area contributed by atoms with Crippen LogP contribution in [-0.4, -0.2) is 41.9 Å². The van der Waals surface area contributed by atoms with Crippen LogP contribution in [0.3, 0.4) is 0 Å². The Kier molecular flexibility index (Phi) is 4.73. The van der Waals surface area contributed by atoms with E-state index in [1.165, 1.54) is 4.90 Å². The van der Waals surface area contributed by atoms with Gasteiger partial charge in [-0.3, -0.25) is 9.69 Å². The first-order chi connectivity index (χ1) is 5.63. The Bertz CT molecular complexity index is 207. The van der Waals surface area contributed by atoms with Gasteiger partial charge in [-0.1, -0.05) is 5.92 Å². The number of nitrogens with zero attached hydrogens (tertiary/aromatic N) is 1. The third-order valence-electron chi connectivity index (χ3n) is 1.48. The molecule has 0 saturated heterocycles. The highest BCUT2D eigenvalue weighted by Gasteiger charge is 2.20. The van der Waals surface area contributed by atoms with E-state index in [0.717, 1.165) is 0 Å². The number of carbonyl (C=O) groups excluding carboxylic acids is 1. The molecule has 0 bridgehead atoms. The lowest BCUT2D eigenvalue weighted by atomic mass is 10.2. The van der Waals surface area contributed by atoms with E-state index in [1.807, 2.05) is 0 Å². The summed E-state index contributed by atoms with van der Waals surface area (Å²) in [6, 6.07) is -0.807. The molecule has 0 fully saturated rings. The molecule has 0 amide bonds. The summed E-state index contributed by atoms with van der Waals surface area (Å²) in [4.78, 5) is 22.1. The quantitative estimate of drug-likeness (QED) is 0.449. The van der Waals surface area contributed by atoms with Gasteiger partial charge in [0.25, 0.3) is 0 Å². The Morgan fingerprint density at radius 1 is 1.83 bits per heavy atom. The molecule has 0 aromatic heterocycles. The number of likely N-dealkylation sites (N-methyl/N-ethyl adjacent to an activating group) is 1. The molecule has 1 N–H and O–H groups in total. The summed E-state index contributed by atoms with van der Waals surface area (Å²) in [7, 11) is 1.57. The van der Waals surface area contributed by atoms with Crippen molar-refractivity contribution < 1.29 is 14.7 Å². The van der Waals surface area contributed by atoms with Gasteiger partial charge in [0.2, 0.25) is 0 Å². The first kappa shape index (κ1) is 10.7. The number of terminal acetylenes is 1. The second-order valence-electron chi connectivity index (χ2n) is 2.38. The maximum Gasteiger partial charge on any atom is 0.321 e. The normalized spacial score (nSPS) is 12.1.